The molecule has 14 nitrogen and oxygen atoms in total. The van der Waals surface area contributed by atoms with E-state index in [0.29, 0.717) is 23.5 Å². The van der Waals surface area contributed by atoms with Crippen molar-refractivity contribution in [3.8, 4) is 0 Å². The van der Waals surface area contributed by atoms with Crippen LogP contribution < -0.4 is 27.4 Å². The number of aromatic amines is 1. The first-order valence-corrected chi connectivity index (χ1v) is 13.6. The van der Waals surface area contributed by atoms with Crippen LogP contribution in [0.1, 0.15) is 52.3 Å². The largest absolute Gasteiger partial charge is 0.480 e. The number of hydrogen-bond donors (Lipinski definition) is 7. The van der Waals surface area contributed by atoms with Gasteiger partial charge in [-0.15, -0.1) is 0 Å². The number of rotatable bonds is 13. The number of primary amides is 1. The Balaban J connectivity index is 0.00000163. The second kappa shape index (κ2) is 21.2. The van der Waals surface area contributed by atoms with Gasteiger partial charge in [0.15, 0.2) is 0 Å². The first-order chi connectivity index (χ1) is 19.9. The van der Waals surface area contributed by atoms with Gasteiger partial charge in [-0.05, 0) is 42.2 Å². The highest BCUT2D eigenvalue weighted by Crippen LogP contribution is 2.12. The molecule has 1 heterocycles. The third-order valence-corrected chi connectivity index (χ3v) is 5.20. The zero-order chi connectivity index (χ0) is 32.1. The first kappa shape index (κ1) is 37.4. The summed E-state index contributed by atoms with van der Waals surface area (Å²) in [5.74, 6) is -2.00. The molecule has 1 atom stereocenters. The zero-order valence-corrected chi connectivity index (χ0v) is 24.9. The number of amides is 5. The Morgan fingerprint density at radius 2 is 1.69 bits per heavy atom. The monoisotopic (exact) mass is 591 g/mol. The molecule has 0 fully saturated rings. The number of ether oxygens (including phenoxy) is 1. The van der Waals surface area contributed by atoms with Crippen LogP contribution in [0, 0.1) is 5.92 Å². The molecule has 14 heteroatoms. The Labute approximate surface area is 246 Å². The Kier molecular flexibility index (Phi) is 18.9. The molecule has 1 aromatic carbocycles. The molecular weight excluding hydrogens is 546 g/mol. The van der Waals surface area contributed by atoms with Crippen molar-refractivity contribution in [3.05, 3.63) is 53.9 Å². The minimum absolute atomic E-state index is 0.0422. The molecule has 0 saturated heterocycles. The maximum absolute atomic E-state index is 12.3. The van der Waals surface area contributed by atoms with Gasteiger partial charge in [0, 0.05) is 24.1 Å². The number of carboxylic acids is 1. The van der Waals surface area contributed by atoms with E-state index in [1.165, 1.54) is 0 Å². The van der Waals surface area contributed by atoms with Crippen molar-refractivity contribution < 1.29 is 33.8 Å². The molecule has 42 heavy (non-hydrogen) atoms. The summed E-state index contributed by atoms with van der Waals surface area (Å²) in [6.07, 6.45) is 1.84. The van der Waals surface area contributed by atoms with E-state index >= 15 is 0 Å². The summed E-state index contributed by atoms with van der Waals surface area (Å²) in [6, 6.07) is 8.91. The Morgan fingerprint density at radius 1 is 1.05 bits per heavy atom. The van der Waals surface area contributed by atoms with Crippen LogP contribution in [0.15, 0.2) is 42.6 Å². The number of benzene rings is 1. The summed E-state index contributed by atoms with van der Waals surface area (Å²) in [6.45, 7) is 9.56. The average molecular weight is 592 g/mol. The molecular formula is C28H45N7O7. The predicted octanol–water partition coefficient (Wildman–Crippen LogP) is 2.37. The number of carbonyl (C=O) groups is 5. The van der Waals surface area contributed by atoms with Crippen LogP contribution in [0.3, 0.4) is 0 Å². The molecule has 0 spiro atoms. The molecule has 1 unspecified atom stereocenters. The van der Waals surface area contributed by atoms with Gasteiger partial charge in [-0.25, -0.2) is 9.59 Å². The van der Waals surface area contributed by atoms with Crippen LogP contribution in [0.25, 0.3) is 0 Å². The van der Waals surface area contributed by atoms with Crippen molar-refractivity contribution in [1.29, 1.82) is 0 Å². The van der Waals surface area contributed by atoms with E-state index in [9.17, 15) is 24.0 Å². The number of aliphatic carboxylic acids is 1. The molecule has 0 aliphatic carbocycles. The number of nitrogens with one attached hydrogen (secondary N) is 4. The highest BCUT2D eigenvalue weighted by molar-refractivity contribution is 5.95. The van der Waals surface area contributed by atoms with Gasteiger partial charge < -0.3 is 42.2 Å². The topological polar surface area (TPSA) is 222 Å². The molecule has 234 valence electrons. The van der Waals surface area contributed by atoms with Crippen LogP contribution in [-0.2, 0) is 32.3 Å². The molecule has 9 N–H and O–H groups in total. The minimum atomic E-state index is -1.15. The van der Waals surface area contributed by atoms with E-state index in [1.54, 1.807) is 42.6 Å². The number of hydrogen-bond acceptors (Lipinski definition) is 7. The van der Waals surface area contributed by atoms with Crippen LogP contribution in [0.5, 0.6) is 0 Å². The van der Waals surface area contributed by atoms with E-state index in [1.807, 2.05) is 34.6 Å². The van der Waals surface area contributed by atoms with E-state index in [0.717, 1.165) is 11.3 Å². The minimum Gasteiger partial charge on any atom is -0.480 e. The smallest absolute Gasteiger partial charge is 0.410 e. The quantitative estimate of drug-likeness (QED) is 0.183. The lowest BCUT2D eigenvalue weighted by molar-refractivity contribution is -0.138. The second-order valence-corrected chi connectivity index (χ2v) is 9.02. The average Bonchev–Trinajstić information content (AvgIpc) is 3.47. The summed E-state index contributed by atoms with van der Waals surface area (Å²) in [5, 5.41) is 16.6. The number of carbonyl (C=O) groups excluding carboxylic acids is 4. The summed E-state index contributed by atoms with van der Waals surface area (Å²) in [5.41, 5.74) is 12.3. The normalized spacial score (nSPS) is 10.5. The number of anilines is 1. The van der Waals surface area contributed by atoms with Gasteiger partial charge in [0.2, 0.25) is 11.8 Å². The maximum atomic E-state index is 12.3. The molecule has 5 amide bonds. The molecule has 0 aliphatic rings. The maximum Gasteiger partial charge on any atom is 0.410 e. The number of nitrogens with two attached hydrogens (primary N) is 2. The van der Waals surface area contributed by atoms with Gasteiger partial charge in [-0.2, -0.15) is 0 Å². The van der Waals surface area contributed by atoms with Crippen LogP contribution >= 0.6 is 0 Å². The molecule has 0 saturated carbocycles. The van der Waals surface area contributed by atoms with Gasteiger partial charge in [0.1, 0.15) is 13.2 Å². The van der Waals surface area contributed by atoms with Crippen molar-refractivity contribution in [2.45, 2.75) is 60.2 Å². The van der Waals surface area contributed by atoms with Gasteiger partial charge in [0.25, 0.3) is 0 Å². The summed E-state index contributed by atoms with van der Waals surface area (Å²) >= 11 is 0. The highest BCUT2D eigenvalue weighted by atomic mass is 16.6. The first-order valence-electron chi connectivity index (χ1n) is 13.6. The number of carboxylic acid groups (broad SMARTS) is 1. The highest BCUT2D eigenvalue weighted by Gasteiger charge is 2.20. The van der Waals surface area contributed by atoms with Crippen molar-refractivity contribution in [1.82, 2.24) is 20.5 Å². The molecule has 0 aliphatic heterocycles. The van der Waals surface area contributed by atoms with Crippen LogP contribution in [-0.4, -0.2) is 70.6 Å². The lowest BCUT2D eigenvalue weighted by atomic mass is 10.1. The van der Waals surface area contributed by atoms with Crippen molar-refractivity contribution >= 4 is 35.6 Å². The molecule has 2 rings (SSSR count). The lowest BCUT2D eigenvalue weighted by Crippen LogP contribution is -2.46. The SMILES string of the molecule is CC.CC(C)C(N)C(=O)NCC(=O)Nc1ccc(COC(=O)N(CC(=O)O)Cc2ccc[nH]2)cc1.CCCNC(N)=O. The fourth-order valence-corrected chi connectivity index (χ4v) is 2.98. The Hall–Kier alpha value is -4.59. The van der Waals surface area contributed by atoms with Crippen LogP contribution in [0.4, 0.5) is 15.3 Å². The number of nitrogens with zero attached hydrogens (tertiary/aromatic N) is 1. The Bertz CT molecular complexity index is 1090. The predicted molar refractivity (Wildman–Crippen MR) is 159 cm³/mol. The van der Waals surface area contributed by atoms with Gasteiger partial charge >= 0.3 is 18.1 Å². The second-order valence-electron chi connectivity index (χ2n) is 9.02. The van der Waals surface area contributed by atoms with Gasteiger partial charge in [0.05, 0.1) is 19.1 Å². The van der Waals surface area contributed by atoms with Crippen molar-refractivity contribution in [3.63, 3.8) is 0 Å². The Morgan fingerprint density at radius 3 is 2.17 bits per heavy atom. The van der Waals surface area contributed by atoms with E-state index in [4.69, 9.17) is 21.3 Å². The molecule has 0 bridgehead atoms. The van der Waals surface area contributed by atoms with Crippen molar-refractivity contribution in [2.75, 3.05) is 25.0 Å². The zero-order valence-electron chi connectivity index (χ0n) is 24.9. The number of urea groups is 1. The number of H-pyrrole nitrogens is 1. The fraction of sp³-hybridized carbons (Fsp3) is 0.464. The lowest BCUT2D eigenvalue weighted by Gasteiger charge is -2.19. The van der Waals surface area contributed by atoms with E-state index in [-0.39, 0.29) is 25.6 Å². The fourth-order valence-electron chi connectivity index (χ4n) is 2.98. The summed E-state index contributed by atoms with van der Waals surface area (Å²) in [7, 11) is 0. The van der Waals surface area contributed by atoms with Gasteiger partial charge in [-0.1, -0.05) is 46.8 Å². The summed E-state index contributed by atoms with van der Waals surface area (Å²) < 4.78 is 5.23. The summed E-state index contributed by atoms with van der Waals surface area (Å²) in [4.78, 5) is 61.1. The molecule has 0 radical (unpaired) electrons. The van der Waals surface area contributed by atoms with Gasteiger partial charge in [-0.3, -0.25) is 19.3 Å². The third kappa shape index (κ3) is 16.5. The molecule has 2 aromatic rings. The van der Waals surface area contributed by atoms with E-state index < -0.39 is 42.5 Å². The third-order valence-electron chi connectivity index (χ3n) is 5.20. The number of aromatic nitrogens is 1. The van der Waals surface area contributed by atoms with Crippen molar-refractivity contribution in [2.24, 2.45) is 17.4 Å². The van der Waals surface area contributed by atoms with E-state index in [2.05, 4.69) is 20.9 Å². The standard InChI is InChI=1S/C22H29N5O6.C4H10N2O.C2H6/c1-14(2)20(23)21(31)25-10-18(28)26-16-7-5-15(6-8-16)13-33-22(32)27(12-19(29)30)11-17-4-3-9-24-17;1-2-3-6-4(5)7;1-2/h3-9,14,20,24H,10-13,23H2,1-2H3,(H,25,31)(H,26,28)(H,29,30);2-3H2,1H3,(H3,5,6,7);1-2H3. The van der Waals surface area contributed by atoms with Crippen LogP contribution in [0.2, 0.25) is 0 Å². The molecule has 1 aromatic heterocycles.